The number of esters is 1. The molecule has 1 aromatic carbocycles. The van der Waals surface area contributed by atoms with Gasteiger partial charge in [0, 0.05) is 24.9 Å². The summed E-state index contributed by atoms with van der Waals surface area (Å²) in [4.78, 5) is 12.2. The summed E-state index contributed by atoms with van der Waals surface area (Å²) in [5.74, 6) is 3.01. The molecule has 4 heteroatoms. The van der Waals surface area contributed by atoms with Gasteiger partial charge in [0.2, 0.25) is 0 Å². The summed E-state index contributed by atoms with van der Waals surface area (Å²) in [5.41, 5.74) is 2.63. The molecule has 4 nitrogen and oxygen atoms in total. The van der Waals surface area contributed by atoms with E-state index < -0.39 is 0 Å². The van der Waals surface area contributed by atoms with E-state index in [1.807, 2.05) is 6.92 Å². The van der Waals surface area contributed by atoms with Crippen molar-refractivity contribution in [3.05, 3.63) is 29.3 Å². The summed E-state index contributed by atoms with van der Waals surface area (Å²) in [6, 6.07) is 6.75. The van der Waals surface area contributed by atoms with E-state index in [0.29, 0.717) is 17.8 Å². The van der Waals surface area contributed by atoms with Crippen molar-refractivity contribution >= 4 is 5.97 Å². The third kappa shape index (κ3) is 2.79. The zero-order valence-electron chi connectivity index (χ0n) is 16.5. The Morgan fingerprint density at radius 3 is 2.63 bits per heavy atom. The summed E-state index contributed by atoms with van der Waals surface area (Å²) in [6.07, 6.45) is 7.27. The summed E-state index contributed by atoms with van der Waals surface area (Å²) in [5, 5.41) is 3.60. The van der Waals surface area contributed by atoms with Crippen LogP contribution < -0.4 is 10.1 Å². The Labute approximate surface area is 162 Å². The van der Waals surface area contributed by atoms with Crippen LogP contribution in [-0.2, 0) is 16.0 Å². The summed E-state index contributed by atoms with van der Waals surface area (Å²) in [7, 11) is 1.50. The lowest BCUT2D eigenvalue weighted by atomic mass is 9.75. The van der Waals surface area contributed by atoms with Gasteiger partial charge < -0.3 is 14.8 Å². The molecule has 1 aromatic rings. The number of carbonyl (C=O) groups excluding carboxylic acids is 1. The van der Waals surface area contributed by atoms with Gasteiger partial charge in [-0.3, -0.25) is 4.79 Å². The molecule has 1 unspecified atom stereocenters. The van der Waals surface area contributed by atoms with E-state index in [0.717, 1.165) is 31.7 Å². The molecule has 5 rings (SSSR count). The lowest BCUT2D eigenvalue weighted by Crippen LogP contribution is -2.57. The van der Waals surface area contributed by atoms with Crippen molar-refractivity contribution in [1.29, 1.82) is 0 Å². The number of hydrogen-bond donors (Lipinski definition) is 1. The topological polar surface area (TPSA) is 47.6 Å². The molecule has 27 heavy (non-hydrogen) atoms. The number of fused-ring (bicyclic) bond motifs is 1. The van der Waals surface area contributed by atoms with Gasteiger partial charge >= 0.3 is 5.97 Å². The zero-order valence-corrected chi connectivity index (χ0v) is 16.5. The Balaban J connectivity index is 1.46. The normalized spacial score (nSPS) is 33.9. The molecule has 1 spiro atoms. The van der Waals surface area contributed by atoms with Gasteiger partial charge in [-0.2, -0.15) is 0 Å². The minimum absolute atomic E-state index is 0.0416. The van der Waals surface area contributed by atoms with Crippen LogP contribution in [0.1, 0.15) is 56.1 Å². The molecule has 4 aliphatic rings. The highest BCUT2D eigenvalue weighted by Crippen LogP contribution is 2.53. The van der Waals surface area contributed by atoms with Crippen molar-refractivity contribution in [3.8, 4) is 5.75 Å². The van der Waals surface area contributed by atoms with Crippen molar-refractivity contribution < 1.29 is 14.3 Å². The van der Waals surface area contributed by atoms with Crippen molar-refractivity contribution in [2.45, 2.75) is 57.0 Å². The average Bonchev–Trinajstić information content (AvgIpc) is 3.50. The van der Waals surface area contributed by atoms with E-state index in [2.05, 4.69) is 23.5 Å². The SMILES string of the molecule is COC(=O)[C@H](C)[C@H](c1ccc2c(c1)OC1(CC2)[C@@H]2CC[C@H]1CNC2)C1CC1. The van der Waals surface area contributed by atoms with Gasteiger partial charge in [-0.05, 0) is 67.6 Å². The Hall–Kier alpha value is -1.55. The number of ether oxygens (including phenoxy) is 2. The first-order valence-electron chi connectivity index (χ1n) is 10.7. The van der Waals surface area contributed by atoms with Crippen molar-refractivity contribution in [3.63, 3.8) is 0 Å². The second-order valence-corrected chi connectivity index (χ2v) is 9.23. The Morgan fingerprint density at radius 2 is 1.96 bits per heavy atom. The zero-order chi connectivity index (χ0) is 18.6. The third-order valence-electron chi connectivity index (χ3n) is 7.83. The molecule has 3 fully saturated rings. The molecule has 2 heterocycles. The maximum atomic E-state index is 12.2. The molecule has 2 aliphatic carbocycles. The highest BCUT2D eigenvalue weighted by Gasteiger charge is 2.55. The number of aryl methyl sites for hydroxylation is 1. The number of nitrogens with one attached hydrogen (secondary N) is 1. The molecule has 0 aromatic heterocycles. The first-order chi connectivity index (χ1) is 13.1. The van der Waals surface area contributed by atoms with Crippen LogP contribution in [0, 0.1) is 23.7 Å². The Bertz CT molecular complexity index is 725. The van der Waals surface area contributed by atoms with Gasteiger partial charge in [0.05, 0.1) is 13.0 Å². The Kier molecular flexibility index (Phi) is 4.23. The molecule has 0 amide bonds. The van der Waals surface area contributed by atoms with Crippen LogP contribution in [0.25, 0.3) is 0 Å². The fraction of sp³-hybridized carbons (Fsp3) is 0.696. The van der Waals surface area contributed by atoms with Crippen LogP contribution in [0.5, 0.6) is 5.75 Å². The fourth-order valence-electron chi connectivity index (χ4n) is 6.20. The van der Waals surface area contributed by atoms with E-state index in [-0.39, 0.29) is 23.4 Å². The standard InChI is InChI=1S/C23H31NO3/c1-14(22(25)26-2)21(16-4-5-16)17-6-3-15-9-10-23(27-20(15)11-17)18-7-8-19(23)13-24-12-18/h3,6,11,14,16,18-19,21,24H,4-5,7-10,12-13H2,1-2H3/t14-,18-,19+,21+,23?/m1/s1. The van der Waals surface area contributed by atoms with E-state index in [4.69, 9.17) is 9.47 Å². The lowest BCUT2D eigenvalue weighted by molar-refractivity contribution is -0.145. The maximum Gasteiger partial charge on any atom is 0.309 e. The van der Waals surface area contributed by atoms with Gasteiger partial charge in [0.1, 0.15) is 11.4 Å². The quantitative estimate of drug-likeness (QED) is 0.823. The third-order valence-corrected chi connectivity index (χ3v) is 7.83. The fourth-order valence-corrected chi connectivity index (χ4v) is 6.20. The van der Waals surface area contributed by atoms with Crippen LogP contribution in [0.15, 0.2) is 18.2 Å². The Morgan fingerprint density at radius 1 is 1.22 bits per heavy atom. The first-order valence-corrected chi connectivity index (χ1v) is 10.7. The lowest BCUT2D eigenvalue weighted by Gasteiger charge is -2.47. The van der Waals surface area contributed by atoms with E-state index in [1.54, 1.807) is 0 Å². The number of hydrogen-bond acceptors (Lipinski definition) is 4. The smallest absolute Gasteiger partial charge is 0.309 e. The number of rotatable bonds is 4. The summed E-state index contributed by atoms with van der Waals surface area (Å²) in [6.45, 7) is 4.20. The molecule has 1 N–H and O–H groups in total. The predicted molar refractivity (Wildman–Crippen MR) is 104 cm³/mol. The average molecular weight is 370 g/mol. The number of piperidine rings is 1. The highest BCUT2D eigenvalue weighted by molar-refractivity contribution is 5.73. The highest BCUT2D eigenvalue weighted by atomic mass is 16.5. The van der Waals surface area contributed by atoms with Crippen molar-refractivity contribution in [1.82, 2.24) is 5.32 Å². The minimum atomic E-state index is -0.104. The molecule has 2 saturated carbocycles. The van der Waals surface area contributed by atoms with Gasteiger partial charge in [0.15, 0.2) is 0 Å². The molecule has 146 valence electrons. The van der Waals surface area contributed by atoms with E-state index in [1.165, 1.54) is 43.9 Å². The van der Waals surface area contributed by atoms with Crippen LogP contribution in [-0.4, -0.2) is 31.8 Å². The van der Waals surface area contributed by atoms with Crippen LogP contribution >= 0.6 is 0 Å². The summed E-state index contributed by atoms with van der Waals surface area (Å²) < 4.78 is 11.9. The first kappa shape index (κ1) is 17.5. The minimum Gasteiger partial charge on any atom is -0.486 e. The second-order valence-electron chi connectivity index (χ2n) is 9.23. The number of benzene rings is 1. The summed E-state index contributed by atoms with van der Waals surface area (Å²) >= 11 is 0. The van der Waals surface area contributed by atoms with Gasteiger partial charge in [0.25, 0.3) is 0 Å². The van der Waals surface area contributed by atoms with Gasteiger partial charge in [-0.15, -0.1) is 0 Å². The van der Waals surface area contributed by atoms with Gasteiger partial charge in [-0.25, -0.2) is 0 Å². The van der Waals surface area contributed by atoms with E-state index >= 15 is 0 Å². The molecule has 5 atom stereocenters. The molecule has 2 aliphatic heterocycles. The predicted octanol–water partition coefficient (Wildman–Crippen LogP) is 3.68. The van der Waals surface area contributed by atoms with Crippen LogP contribution in [0.4, 0.5) is 0 Å². The van der Waals surface area contributed by atoms with Gasteiger partial charge in [-0.1, -0.05) is 19.1 Å². The second kappa shape index (κ2) is 6.51. The van der Waals surface area contributed by atoms with E-state index in [9.17, 15) is 4.79 Å². The molecule has 1 saturated heterocycles. The maximum absolute atomic E-state index is 12.2. The largest absolute Gasteiger partial charge is 0.486 e. The number of methoxy groups -OCH3 is 1. The van der Waals surface area contributed by atoms with Crippen LogP contribution in [0.3, 0.4) is 0 Å². The van der Waals surface area contributed by atoms with Crippen LogP contribution in [0.2, 0.25) is 0 Å². The number of carbonyl (C=O) groups is 1. The molecular weight excluding hydrogens is 338 g/mol. The van der Waals surface area contributed by atoms with Crippen molar-refractivity contribution in [2.75, 3.05) is 20.2 Å². The molecule has 2 bridgehead atoms. The monoisotopic (exact) mass is 369 g/mol. The molecular formula is C23H31NO3. The van der Waals surface area contributed by atoms with Crippen molar-refractivity contribution in [2.24, 2.45) is 23.7 Å². The molecule has 0 radical (unpaired) electrons.